The number of aromatic nitrogens is 2. The molecule has 7 nitrogen and oxygen atoms in total. The molecule has 1 atom stereocenters. The van der Waals surface area contributed by atoms with Crippen LogP contribution in [-0.2, 0) is 16.1 Å². The minimum Gasteiger partial charge on any atom is -0.372 e. The SMILES string of the molecule is CNC(=O)C(CCC=O)Nc1cc(CN)cc2[nH]c(C)nc12. The van der Waals surface area contributed by atoms with Gasteiger partial charge in [0.25, 0.3) is 0 Å². The van der Waals surface area contributed by atoms with E-state index in [0.717, 1.165) is 34.4 Å². The lowest BCUT2D eigenvalue weighted by Gasteiger charge is -2.18. The number of carbonyl (C=O) groups excluding carboxylic acids is 2. The molecule has 2 aromatic rings. The van der Waals surface area contributed by atoms with Gasteiger partial charge in [-0.25, -0.2) is 4.98 Å². The van der Waals surface area contributed by atoms with Crippen LogP contribution in [0.25, 0.3) is 11.0 Å². The van der Waals surface area contributed by atoms with Crippen molar-refractivity contribution in [2.24, 2.45) is 5.73 Å². The van der Waals surface area contributed by atoms with Gasteiger partial charge in [0, 0.05) is 20.0 Å². The maximum atomic E-state index is 12.0. The number of likely N-dealkylation sites (N-methyl/N-ethyl adjacent to an activating group) is 1. The van der Waals surface area contributed by atoms with Gasteiger partial charge >= 0.3 is 0 Å². The Bertz CT molecular complexity index is 680. The predicted molar refractivity (Wildman–Crippen MR) is 85.5 cm³/mol. The van der Waals surface area contributed by atoms with E-state index < -0.39 is 6.04 Å². The summed E-state index contributed by atoms with van der Waals surface area (Å²) >= 11 is 0. The fourth-order valence-electron chi connectivity index (χ4n) is 2.39. The molecule has 0 fully saturated rings. The van der Waals surface area contributed by atoms with E-state index >= 15 is 0 Å². The number of rotatable bonds is 7. The zero-order valence-corrected chi connectivity index (χ0v) is 12.8. The first kappa shape index (κ1) is 16.0. The first-order valence-electron chi connectivity index (χ1n) is 7.20. The Hall–Kier alpha value is -2.41. The molecule has 0 radical (unpaired) electrons. The number of amides is 1. The lowest BCUT2D eigenvalue weighted by Crippen LogP contribution is -2.37. The van der Waals surface area contributed by atoms with Crippen LogP contribution in [0.3, 0.4) is 0 Å². The molecular weight excluding hydrogens is 282 g/mol. The summed E-state index contributed by atoms with van der Waals surface area (Å²) in [6.07, 6.45) is 1.54. The smallest absolute Gasteiger partial charge is 0.242 e. The second-order valence-electron chi connectivity index (χ2n) is 5.12. The van der Waals surface area contributed by atoms with Crippen molar-refractivity contribution in [3.05, 3.63) is 23.5 Å². The van der Waals surface area contributed by atoms with Crippen LogP contribution in [0.15, 0.2) is 12.1 Å². The molecule has 0 spiro atoms. The molecule has 0 saturated heterocycles. The van der Waals surface area contributed by atoms with E-state index in [1.54, 1.807) is 7.05 Å². The second kappa shape index (κ2) is 7.04. The number of nitrogens with two attached hydrogens (primary N) is 1. The average Bonchev–Trinajstić information content (AvgIpc) is 2.90. The maximum absolute atomic E-state index is 12.0. The summed E-state index contributed by atoms with van der Waals surface area (Å²) < 4.78 is 0. The van der Waals surface area contributed by atoms with Crippen LogP contribution in [0.5, 0.6) is 0 Å². The quantitative estimate of drug-likeness (QED) is 0.566. The number of nitrogens with one attached hydrogen (secondary N) is 3. The Kier molecular flexibility index (Phi) is 5.11. The summed E-state index contributed by atoms with van der Waals surface area (Å²) in [5, 5.41) is 5.79. The molecule has 0 bridgehead atoms. The van der Waals surface area contributed by atoms with Gasteiger partial charge in [0.05, 0.1) is 11.2 Å². The molecule has 7 heteroatoms. The molecule has 1 aromatic heterocycles. The number of aromatic amines is 1. The van der Waals surface area contributed by atoms with E-state index in [9.17, 15) is 9.59 Å². The first-order valence-corrected chi connectivity index (χ1v) is 7.20. The minimum absolute atomic E-state index is 0.166. The van der Waals surface area contributed by atoms with Gasteiger partial charge in [0.1, 0.15) is 23.7 Å². The molecule has 1 heterocycles. The van der Waals surface area contributed by atoms with Crippen LogP contribution < -0.4 is 16.4 Å². The Labute approximate surface area is 128 Å². The van der Waals surface area contributed by atoms with Crippen molar-refractivity contribution in [1.29, 1.82) is 0 Å². The maximum Gasteiger partial charge on any atom is 0.242 e. The predicted octanol–water partition coefficient (Wildman–Crippen LogP) is 0.836. The Balaban J connectivity index is 2.38. The fourth-order valence-corrected chi connectivity index (χ4v) is 2.39. The molecule has 0 aliphatic rings. The number of carbonyl (C=O) groups is 2. The van der Waals surface area contributed by atoms with Crippen molar-refractivity contribution < 1.29 is 9.59 Å². The Morgan fingerprint density at radius 1 is 1.50 bits per heavy atom. The van der Waals surface area contributed by atoms with Gasteiger partial charge in [-0.2, -0.15) is 0 Å². The highest BCUT2D eigenvalue weighted by Crippen LogP contribution is 2.25. The van der Waals surface area contributed by atoms with Crippen molar-refractivity contribution in [1.82, 2.24) is 15.3 Å². The average molecular weight is 303 g/mol. The summed E-state index contributed by atoms with van der Waals surface area (Å²) in [6.45, 7) is 2.26. The van der Waals surface area contributed by atoms with E-state index in [0.29, 0.717) is 19.4 Å². The van der Waals surface area contributed by atoms with Gasteiger partial charge in [0.2, 0.25) is 5.91 Å². The highest BCUT2D eigenvalue weighted by Gasteiger charge is 2.18. The van der Waals surface area contributed by atoms with Crippen molar-refractivity contribution in [3.8, 4) is 0 Å². The number of aldehydes is 1. The van der Waals surface area contributed by atoms with Crippen molar-refractivity contribution in [2.45, 2.75) is 32.4 Å². The normalized spacial score (nSPS) is 12.1. The number of nitrogens with zero attached hydrogens (tertiary/aromatic N) is 1. The third-order valence-corrected chi connectivity index (χ3v) is 3.47. The number of imidazole rings is 1. The number of H-pyrrole nitrogens is 1. The Morgan fingerprint density at radius 2 is 2.27 bits per heavy atom. The van der Waals surface area contributed by atoms with E-state index in [-0.39, 0.29) is 5.91 Å². The number of anilines is 1. The largest absolute Gasteiger partial charge is 0.372 e. The second-order valence-corrected chi connectivity index (χ2v) is 5.12. The standard InChI is InChI=1S/C15H21N5O2/c1-9-18-12-6-10(8-16)7-13(14(12)19-9)20-11(4-3-5-21)15(22)17-2/h5-7,11,20H,3-4,8,16H2,1-2H3,(H,17,22)(H,18,19). The summed E-state index contributed by atoms with van der Waals surface area (Å²) in [4.78, 5) is 30.2. The molecule has 2 rings (SSSR count). The molecule has 5 N–H and O–H groups in total. The molecule has 1 amide bonds. The molecule has 0 aliphatic heterocycles. The zero-order chi connectivity index (χ0) is 16.1. The van der Waals surface area contributed by atoms with Crippen LogP contribution in [0.2, 0.25) is 0 Å². The molecule has 22 heavy (non-hydrogen) atoms. The first-order chi connectivity index (χ1) is 10.6. The third kappa shape index (κ3) is 3.43. The van der Waals surface area contributed by atoms with E-state index in [4.69, 9.17) is 5.73 Å². The van der Waals surface area contributed by atoms with Crippen LogP contribution in [0, 0.1) is 6.92 Å². The minimum atomic E-state index is -0.497. The van der Waals surface area contributed by atoms with Crippen molar-refractivity contribution in [3.63, 3.8) is 0 Å². The van der Waals surface area contributed by atoms with E-state index in [1.165, 1.54) is 0 Å². The number of fused-ring (bicyclic) bond motifs is 1. The third-order valence-electron chi connectivity index (χ3n) is 3.47. The van der Waals surface area contributed by atoms with Gasteiger partial charge in [0.15, 0.2) is 0 Å². The van der Waals surface area contributed by atoms with E-state index in [2.05, 4.69) is 20.6 Å². The molecule has 118 valence electrons. The number of benzene rings is 1. The van der Waals surface area contributed by atoms with Gasteiger partial charge < -0.3 is 26.1 Å². The fraction of sp³-hybridized carbons (Fsp3) is 0.400. The van der Waals surface area contributed by atoms with Crippen LogP contribution in [-0.4, -0.2) is 35.3 Å². The lowest BCUT2D eigenvalue weighted by atomic mass is 10.1. The summed E-state index contributed by atoms with van der Waals surface area (Å²) in [5.74, 6) is 0.622. The van der Waals surface area contributed by atoms with Gasteiger partial charge in [-0.15, -0.1) is 0 Å². The highest BCUT2D eigenvalue weighted by molar-refractivity contribution is 5.92. The molecule has 0 saturated carbocycles. The van der Waals surface area contributed by atoms with Crippen LogP contribution in [0.4, 0.5) is 5.69 Å². The zero-order valence-electron chi connectivity index (χ0n) is 12.8. The number of aryl methyl sites for hydroxylation is 1. The number of hydrogen-bond donors (Lipinski definition) is 4. The topological polar surface area (TPSA) is 113 Å². The number of hydrogen-bond acceptors (Lipinski definition) is 5. The Morgan fingerprint density at radius 3 is 2.91 bits per heavy atom. The molecular formula is C15H21N5O2. The molecule has 1 aromatic carbocycles. The summed E-state index contributed by atoms with van der Waals surface area (Å²) in [7, 11) is 1.57. The van der Waals surface area contributed by atoms with E-state index in [1.807, 2.05) is 19.1 Å². The van der Waals surface area contributed by atoms with Crippen LogP contribution >= 0.6 is 0 Å². The monoisotopic (exact) mass is 303 g/mol. The van der Waals surface area contributed by atoms with Gasteiger partial charge in [-0.05, 0) is 31.0 Å². The van der Waals surface area contributed by atoms with Gasteiger partial charge in [-0.1, -0.05) is 0 Å². The lowest BCUT2D eigenvalue weighted by molar-refractivity contribution is -0.121. The summed E-state index contributed by atoms with van der Waals surface area (Å²) in [5.41, 5.74) is 9.03. The summed E-state index contributed by atoms with van der Waals surface area (Å²) in [6, 6.07) is 3.34. The van der Waals surface area contributed by atoms with Crippen molar-refractivity contribution >= 4 is 28.9 Å². The molecule has 1 unspecified atom stereocenters. The van der Waals surface area contributed by atoms with Gasteiger partial charge in [-0.3, -0.25) is 4.79 Å². The van der Waals surface area contributed by atoms with Crippen LogP contribution in [0.1, 0.15) is 24.2 Å². The van der Waals surface area contributed by atoms with Crippen molar-refractivity contribution in [2.75, 3.05) is 12.4 Å². The molecule has 0 aliphatic carbocycles. The highest BCUT2D eigenvalue weighted by atomic mass is 16.2.